The van der Waals surface area contributed by atoms with Gasteiger partial charge < -0.3 is 5.73 Å². The Labute approximate surface area is 96.9 Å². The van der Waals surface area contributed by atoms with E-state index in [1.165, 1.54) is 0 Å². The molecule has 0 aromatic heterocycles. The monoisotopic (exact) mass is 242 g/mol. The molecular weight excluding hydrogens is 224 g/mol. The zero-order valence-corrected chi connectivity index (χ0v) is 10.6. The number of hydrogen-bond donors (Lipinski definition) is 2. The lowest BCUT2D eigenvalue weighted by atomic mass is 10.2. The Morgan fingerprint density at radius 2 is 2.00 bits per heavy atom. The fourth-order valence-corrected chi connectivity index (χ4v) is 2.79. The van der Waals surface area contributed by atoms with Gasteiger partial charge in [-0.05, 0) is 38.0 Å². The van der Waals surface area contributed by atoms with Crippen LogP contribution in [0.4, 0.5) is 0 Å². The second kappa shape index (κ2) is 4.95. The first-order valence-corrected chi connectivity index (χ1v) is 6.64. The van der Waals surface area contributed by atoms with Crippen molar-refractivity contribution in [1.82, 2.24) is 4.72 Å². The maximum atomic E-state index is 11.9. The number of benzene rings is 1. The van der Waals surface area contributed by atoms with Gasteiger partial charge in [-0.1, -0.05) is 12.1 Å². The van der Waals surface area contributed by atoms with E-state index in [-0.39, 0.29) is 12.6 Å². The minimum absolute atomic E-state index is 0.195. The molecule has 0 amide bonds. The molecule has 0 heterocycles. The van der Waals surface area contributed by atoms with Gasteiger partial charge in [-0.15, -0.1) is 0 Å². The molecule has 0 spiro atoms. The first kappa shape index (κ1) is 13.2. The summed E-state index contributed by atoms with van der Waals surface area (Å²) in [7, 11) is -3.44. The minimum atomic E-state index is -3.44. The summed E-state index contributed by atoms with van der Waals surface area (Å²) in [6, 6.07) is 5.16. The summed E-state index contributed by atoms with van der Waals surface area (Å²) in [6.45, 7) is 5.64. The van der Waals surface area contributed by atoms with Crippen LogP contribution in [0.15, 0.2) is 23.1 Å². The minimum Gasteiger partial charge on any atom is -0.327 e. The van der Waals surface area contributed by atoms with Crippen molar-refractivity contribution in [1.29, 1.82) is 0 Å². The average Bonchev–Trinajstić information content (AvgIpc) is 2.19. The SMILES string of the molecule is Cc1ccc(C)c(S(=O)(=O)NCC(C)N)c1. The Kier molecular flexibility index (Phi) is 4.07. The molecule has 3 N–H and O–H groups in total. The van der Waals surface area contributed by atoms with Crippen molar-refractivity contribution >= 4 is 10.0 Å². The summed E-state index contributed by atoms with van der Waals surface area (Å²) < 4.78 is 26.4. The van der Waals surface area contributed by atoms with Gasteiger partial charge in [0, 0.05) is 12.6 Å². The Morgan fingerprint density at radius 3 is 2.56 bits per heavy atom. The van der Waals surface area contributed by atoms with Crippen molar-refractivity contribution in [2.24, 2.45) is 5.73 Å². The highest BCUT2D eigenvalue weighted by molar-refractivity contribution is 7.89. The molecule has 90 valence electrons. The van der Waals surface area contributed by atoms with E-state index in [1.807, 2.05) is 13.0 Å². The predicted molar refractivity (Wildman–Crippen MR) is 64.8 cm³/mol. The van der Waals surface area contributed by atoms with Gasteiger partial charge in [-0.25, -0.2) is 13.1 Å². The topological polar surface area (TPSA) is 72.2 Å². The first-order valence-electron chi connectivity index (χ1n) is 5.15. The molecule has 5 heteroatoms. The molecule has 1 rings (SSSR count). The third kappa shape index (κ3) is 3.30. The van der Waals surface area contributed by atoms with Crippen LogP contribution in [0.1, 0.15) is 18.1 Å². The molecule has 0 bridgehead atoms. The van der Waals surface area contributed by atoms with E-state index in [0.717, 1.165) is 11.1 Å². The molecule has 0 radical (unpaired) electrons. The molecular formula is C11H18N2O2S. The van der Waals surface area contributed by atoms with Gasteiger partial charge in [0.15, 0.2) is 0 Å². The van der Waals surface area contributed by atoms with Crippen molar-refractivity contribution in [2.45, 2.75) is 31.7 Å². The van der Waals surface area contributed by atoms with Gasteiger partial charge in [-0.3, -0.25) is 0 Å². The van der Waals surface area contributed by atoms with Crippen LogP contribution < -0.4 is 10.5 Å². The summed E-state index contributed by atoms with van der Waals surface area (Å²) in [5, 5.41) is 0. The number of nitrogens with one attached hydrogen (secondary N) is 1. The molecule has 16 heavy (non-hydrogen) atoms. The Balaban J connectivity index is 3.02. The van der Waals surface area contributed by atoms with Gasteiger partial charge >= 0.3 is 0 Å². The van der Waals surface area contributed by atoms with Crippen LogP contribution >= 0.6 is 0 Å². The lowest BCUT2D eigenvalue weighted by Crippen LogP contribution is -2.35. The van der Waals surface area contributed by atoms with E-state index in [4.69, 9.17) is 5.73 Å². The van der Waals surface area contributed by atoms with Gasteiger partial charge in [0.25, 0.3) is 0 Å². The maximum Gasteiger partial charge on any atom is 0.240 e. The van der Waals surface area contributed by atoms with Gasteiger partial charge in [0.05, 0.1) is 4.90 Å². The van der Waals surface area contributed by atoms with Crippen molar-refractivity contribution < 1.29 is 8.42 Å². The standard InChI is InChI=1S/C11H18N2O2S/c1-8-4-5-9(2)11(6-8)16(14,15)13-7-10(3)12/h4-6,10,13H,7,12H2,1-3H3. The van der Waals surface area contributed by atoms with Crippen molar-refractivity contribution in [3.63, 3.8) is 0 Å². The molecule has 1 unspecified atom stereocenters. The number of sulfonamides is 1. The third-order valence-electron chi connectivity index (χ3n) is 2.23. The van der Waals surface area contributed by atoms with Crippen LogP contribution in [0, 0.1) is 13.8 Å². The van der Waals surface area contributed by atoms with Gasteiger partial charge in [-0.2, -0.15) is 0 Å². The van der Waals surface area contributed by atoms with Crippen LogP contribution in [-0.2, 0) is 10.0 Å². The van der Waals surface area contributed by atoms with Gasteiger partial charge in [0.2, 0.25) is 10.0 Å². The normalized spacial score (nSPS) is 13.8. The van der Waals surface area contributed by atoms with E-state index >= 15 is 0 Å². The summed E-state index contributed by atoms with van der Waals surface area (Å²) in [5.41, 5.74) is 7.18. The lowest BCUT2D eigenvalue weighted by molar-refractivity contribution is 0.573. The molecule has 1 atom stereocenters. The Hall–Kier alpha value is -0.910. The molecule has 0 saturated heterocycles. The van der Waals surface area contributed by atoms with Crippen LogP contribution in [-0.4, -0.2) is 21.0 Å². The lowest BCUT2D eigenvalue weighted by Gasteiger charge is -2.11. The highest BCUT2D eigenvalue weighted by Crippen LogP contribution is 2.16. The number of aryl methyl sites for hydroxylation is 2. The first-order chi connectivity index (χ1) is 7.33. The van der Waals surface area contributed by atoms with Crippen LogP contribution in [0.3, 0.4) is 0 Å². The predicted octanol–water partition coefficient (Wildman–Crippen LogP) is 0.929. The second-order valence-electron chi connectivity index (χ2n) is 4.10. The summed E-state index contributed by atoms with van der Waals surface area (Å²) >= 11 is 0. The zero-order chi connectivity index (χ0) is 12.3. The van der Waals surface area contributed by atoms with E-state index in [1.54, 1.807) is 26.0 Å². The van der Waals surface area contributed by atoms with Crippen LogP contribution in [0.5, 0.6) is 0 Å². The second-order valence-corrected chi connectivity index (χ2v) is 5.83. The van der Waals surface area contributed by atoms with Crippen LogP contribution in [0.25, 0.3) is 0 Å². The van der Waals surface area contributed by atoms with Crippen molar-refractivity contribution in [3.05, 3.63) is 29.3 Å². The molecule has 0 aliphatic rings. The molecule has 0 aliphatic heterocycles. The molecule has 0 saturated carbocycles. The third-order valence-corrected chi connectivity index (χ3v) is 3.79. The van der Waals surface area contributed by atoms with E-state index in [9.17, 15) is 8.42 Å². The highest BCUT2D eigenvalue weighted by Gasteiger charge is 2.16. The molecule has 0 fully saturated rings. The van der Waals surface area contributed by atoms with Gasteiger partial charge in [0.1, 0.15) is 0 Å². The fourth-order valence-electron chi connectivity index (χ4n) is 1.32. The Morgan fingerprint density at radius 1 is 1.38 bits per heavy atom. The summed E-state index contributed by atoms with van der Waals surface area (Å²) in [5.74, 6) is 0. The number of rotatable bonds is 4. The van der Waals surface area contributed by atoms with E-state index < -0.39 is 10.0 Å². The zero-order valence-electron chi connectivity index (χ0n) is 9.82. The number of nitrogens with two attached hydrogens (primary N) is 1. The number of hydrogen-bond acceptors (Lipinski definition) is 3. The average molecular weight is 242 g/mol. The smallest absolute Gasteiger partial charge is 0.240 e. The van der Waals surface area contributed by atoms with Crippen molar-refractivity contribution in [3.8, 4) is 0 Å². The molecule has 0 aliphatic carbocycles. The molecule has 4 nitrogen and oxygen atoms in total. The van der Waals surface area contributed by atoms with E-state index in [0.29, 0.717) is 4.90 Å². The molecule has 1 aromatic rings. The van der Waals surface area contributed by atoms with E-state index in [2.05, 4.69) is 4.72 Å². The largest absolute Gasteiger partial charge is 0.327 e. The Bertz CT molecular complexity index is 467. The fraction of sp³-hybridized carbons (Fsp3) is 0.455. The quantitative estimate of drug-likeness (QED) is 0.825. The summed E-state index contributed by atoms with van der Waals surface area (Å²) in [4.78, 5) is 0.327. The highest BCUT2D eigenvalue weighted by atomic mass is 32.2. The summed E-state index contributed by atoms with van der Waals surface area (Å²) in [6.07, 6.45) is 0. The van der Waals surface area contributed by atoms with Crippen molar-refractivity contribution in [2.75, 3.05) is 6.54 Å². The van der Waals surface area contributed by atoms with Crippen LogP contribution in [0.2, 0.25) is 0 Å². The molecule has 1 aromatic carbocycles. The maximum absolute atomic E-state index is 11.9.